The summed E-state index contributed by atoms with van der Waals surface area (Å²) in [7, 11) is 0. The van der Waals surface area contributed by atoms with Crippen LogP contribution >= 0.6 is 0 Å². The largest absolute Gasteiger partial charge is 0.505 e. The number of nitro benzene ring substituents is 1. The molecule has 2 fully saturated rings. The van der Waals surface area contributed by atoms with Crippen molar-refractivity contribution in [2.75, 3.05) is 11.5 Å². The third-order valence-corrected chi connectivity index (χ3v) is 8.84. The Morgan fingerprint density at radius 3 is 2.70 bits per heavy atom. The summed E-state index contributed by atoms with van der Waals surface area (Å²) in [6, 6.07) is 15.5. The monoisotopic (exact) mass is 597 g/mol. The Hall–Kier alpha value is -4.70. The molecule has 0 spiro atoms. The van der Waals surface area contributed by atoms with Crippen LogP contribution in [0.15, 0.2) is 78.0 Å². The lowest BCUT2D eigenvalue weighted by Crippen LogP contribution is -2.34. The second kappa shape index (κ2) is 12.1. The Kier molecular flexibility index (Phi) is 8.09. The Morgan fingerprint density at radius 2 is 1.98 bits per heavy atom. The fraction of sp³-hybridized carbons (Fsp3) is 0.324. The van der Waals surface area contributed by atoms with Gasteiger partial charge in [-0.15, -0.1) is 0 Å². The SMILES string of the molecule is CCCC1=C2[C@@H](CC/C(=C/c3ccc(O)c(F)c3)c3ccccn3)OC[C@@H]2[C@@H]2C(=O)N(c3cccc([N+](=O)[O-])c3)C(=O)[C@@H]2C1. The normalized spacial score (nSPS) is 23.2. The Labute approximate surface area is 253 Å². The summed E-state index contributed by atoms with van der Waals surface area (Å²) < 4.78 is 20.5. The number of phenols is 1. The maximum atomic E-state index is 14.1. The quantitative estimate of drug-likeness (QED) is 0.130. The third kappa shape index (κ3) is 5.41. The minimum atomic E-state index is -0.706. The number of hydrogen-bond donors (Lipinski definition) is 1. The molecule has 0 bridgehead atoms. The van der Waals surface area contributed by atoms with Gasteiger partial charge in [0.25, 0.3) is 5.69 Å². The zero-order valence-corrected chi connectivity index (χ0v) is 24.2. The number of nitrogens with zero attached hydrogens (tertiary/aromatic N) is 3. The van der Waals surface area contributed by atoms with E-state index in [1.807, 2.05) is 24.3 Å². The molecule has 2 saturated heterocycles. The van der Waals surface area contributed by atoms with Crippen molar-refractivity contribution in [3.05, 3.63) is 105 Å². The summed E-state index contributed by atoms with van der Waals surface area (Å²) in [5, 5.41) is 21.0. The van der Waals surface area contributed by atoms with Gasteiger partial charge in [0.2, 0.25) is 11.8 Å². The molecule has 2 aliphatic heterocycles. The number of carbonyl (C=O) groups excluding carboxylic acids is 2. The van der Waals surface area contributed by atoms with Crippen LogP contribution in [0.5, 0.6) is 5.75 Å². The molecule has 3 aliphatic rings. The van der Waals surface area contributed by atoms with Crippen molar-refractivity contribution in [3.8, 4) is 5.75 Å². The van der Waals surface area contributed by atoms with E-state index in [2.05, 4.69) is 11.9 Å². The number of benzene rings is 2. The number of non-ortho nitro benzene ring substituents is 1. The predicted molar refractivity (Wildman–Crippen MR) is 162 cm³/mol. The van der Waals surface area contributed by atoms with Crippen LogP contribution in [0.4, 0.5) is 15.8 Å². The van der Waals surface area contributed by atoms with Crippen molar-refractivity contribution in [2.45, 2.75) is 45.1 Å². The maximum absolute atomic E-state index is 14.1. The number of pyridine rings is 1. The zero-order valence-electron chi connectivity index (χ0n) is 24.2. The number of carbonyl (C=O) groups is 2. The number of amides is 2. The molecule has 1 N–H and O–H groups in total. The van der Waals surface area contributed by atoms with Crippen LogP contribution in [0.2, 0.25) is 0 Å². The Balaban J connectivity index is 1.28. The number of fused-ring (bicyclic) bond motifs is 3. The van der Waals surface area contributed by atoms with Gasteiger partial charge in [-0.2, -0.15) is 0 Å². The Bertz CT molecular complexity index is 1690. The average Bonchev–Trinajstić information content (AvgIpc) is 3.55. The first-order valence-electron chi connectivity index (χ1n) is 14.8. The number of halogens is 1. The van der Waals surface area contributed by atoms with Crippen LogP contribution in [0.3, 0.4) is 0 Å². The summed E-state index contributed by atoms with van der Waals surface area (Å²) in [6.07, 6.45) is 6.54. The van der Waals surface area contributed by atoms with Crippen molar-refractivity contribution < 1.29 is 28.7 Å². The number of ether oxygens (including phenoxy) is 1. The van der Waals surface area contributed by atoms with E-state index in [4.69, 9.17) is 4.74 Å². The lowest BCUT2D eigenvalue weighted by Gasteiger charge is -2.32. The second-order valence-corrected chi connectivity index (χ2v) is 11.5. The molecule has 226 valence electrons. The van der Waals surface area contributed by atoms with Gasteiger partial charge in [-0.1, -0.05) is 37.1 Å². The van der Waals surface area contributed by atoms with Crippen molar-refractivity contribution in [1.29, 1.82) is 0 Å². The first-order valence-corrected chi connectivity index (χ1v) is 14.8. The summed E-state index contributed by atoms with van der Waals surface area (Å²) in [5.41, 5.74) is 4.48. The number of aromatic nitrogens is 1. The highest BCUT2D eigenvalue weighted by Gasteiger charge is 2.57. The second-order valence-electron chi connectivity index (χ2n) is 11.5. The minimum absolute atomic E-state index is 0.181. The first kappa shape index (κ1) is 29.4. The molecule has 6 rings (SSSR count). The highest BCUT2D eigenvalue weighted by Crippen LogP contribution is 2.51. The smallest absolute Gasteiger partial charge is 0.271 e. The third-order valence-electron chi connectivity index (χ3n) is 8.84. The number of phenolic OH excluding ortho intramolecular Hbond substituents is 1. The fourth-order valence-electron chi connectivity index (χ4n) is 6.94. The molecule has 1 aliphatic carbocycles. The van der Waals surface area contributed by atoms with Crippen LogP contribution in [0, 0.1) is 33.7 Å². The van der Waals surface area contributed by atoms with Gasteiger partial charge in [0.15, 0.2) is 11.6 Å². The van der Waals surface area contributed by atoms with Crippen LogP contribution < -0.4 is 4.90 Å². The molecule has 10 heteroatoms. The summed E-state index contributed by atoms with van der Waals surface area (Å²) in [4.78, 5) is 44.0. The lowest BCUT2D eigenvalue weighted by molar-refractivity contribution is -0.384. The van der Waals surface area contributed by atoms with E-state index >= 15 is 0 Å². The standard InChI is InChI=1S/C34H32FN3O6/c1-2-6-22-17-25-32(34(41)37(33(25)40)23-7-5-8-24(18-23)38(42)43)26-19-44-30(31(22)26)13-11-21(28-9-3-4-14-36-28)15-20-10-12-29(39)27(35)16-20/h3-5,7-10,12,14-16,18,25-26,30,32,39H,2,6,11,13,17,19H2,1H3/b21-15-/t25-,26+,30-,32-/m1/s1. The van der Waals surface area contributed by atoms with Gasteiger partial charge in [-0.3, -0.25) is 24.7 Å². The summed E-state index contributed by atoms with van der Waals surface area (Å²) in [6.45, 7) is 2.39. The van der Waals surface area contributed by atoms with Gasteiger partial charge < -0.3 is 9.84 Å². The summed E-state index contributed by atoms with van der Waals surface area (Å²) in [5.74, 6) is -3.16. The van der Waals surface area contributed by atoms with Crippen LogP contribution in [-0.4, -0.2) is 39.5 Å². The van der Waals surface area contributed by atoms with E-state index in [0.29, 0.717) is 31.4 Å². The average molecular weight is 598 g/mol. The molecule has 44 heavy (non-hydrogen) atoms. The molecule has 4 atom stereocenters. The number of anilines is 1. The molecular weight excluding hydrogens is 565 g/mol. The predicted octanol–water partition coefficient (Wildman–Crippen LogP) is 6.48. The number of aromatic hydroxyl groups is 1. The van der Waals surface area contributed by atoms with E-state index in [1.165, 1.54) is 30.3 Å². The van der Waals surface area contributed by atoms with Gasteiger partial charge in [0.1, 0.15) is 0 Å². The summed E-state index contributed by atoms with van der Waals surface area (Å²) >= 11 is 0. The zero-order chi connectivity index (χ0) is 31.0. The van der Waals surface area contributed by atoms with Gasteiger partial charge in [0.05, 0.1) is 40.9 Å². The van der Waals surface area contributed by atoms with Gasteiger partial charge >= 0.3 is 0 Å². The van der Waals surface area contributed by atoms with Crippen molar-refractivity contribution >= 4 is 34.8 Å². The molecule has 0 radical (unpaired) electrons. The molecule has 2 aromatic carbocycles. The number of allylic oxidation sites excluding steroid dienone is 2. The van der Waals surface area contributed by atoms with Crippen LogP contribution in [0.1, 0.15) is 50.3 Å². The first-order chi connectivity index (χ1) is 21.3. The highest BCUT2D eigenvalue weighted by atomic mass is 19.1. The number of hydrogen-bond acceptors (Lipinski definition) is 7. The van der Waals surface area contributed by atoms with E-state index in [-0.39, 0.29) is 35.2 Å². The number of rotatable bonds is 9. The number of imide groups is 1. The van der Waals surface area contributed by atoms with Crippen molar-refractivity contribution in [3.63, 3.8) is 0 Å². The molecule has 1 aromatic heterocycles. The molecule has 3 heterocycles. The van der Waals surface area contributed by atoms with E-state index in [0.717, 1.165) is 40.2 Å². The molecule has 0 saturated carbocycles. The minimum Gasteiger partial charge on any atom is -0.505 e. The topological polar surface area (TPSA) is 123 Å². The van der Waals surface area contributed by atoms with E-state index in [1.54, 1.807) is 18.3 Å². The number of nitro groups is 1. The molecule has 0 unspecified atom stereocenters. The molecule has 3 aromatic rings. The molecule has 9 nitrogen and oxygen atoms in total. The Morgan fingerprint density at radius 1 is 1.14 bits per heavy atom. The van der Waals surface area contributed by atoms with Crippen molar-refractivity contribution in [1.82, 2.24) is 4.98 Å². The molecule has 2 amide bonds. The fourth-order valence-corrected chi connectivity index (χ4v) is 6.94. The molecular formula is C34H32FN3O6. The van der Waals surface area contributed by atoms with E-state index < -0.39 is 28.3 Å². The van der Waals surface area contributed by atoms with Crippen LogP contribution in [-0.2, 0) is 14.3 Å². The maximum Gasteiger partial charge on any atom is 0.271 e. The van der Waals surface area contributed by atoms with Gasteiger partial charge in [-0.05, 0) is 78.8 Å². The lowest BCUT2D eigenvalue weighted by atomic mass is 9.68. The highest BCUT2D eigenvalue weighted by molar-refractivity contribution is 6.22. The van der Waals surface area contributed by atoms with Gasteiger partial charge in [0, 0.05) is 24.2 Å². The van der Waals surface area contributed by atoms with Crippen LogP contribution in [0.25, 0.3) is 11.6 Å². The van der Waals surface area contributed by atoms with E-state index in [9.17, 15) is 29.2 Å². The van der Waals surface area contributed by atoms with Crippen molar-refractivity contribution in [2.24, 2.45) is 17.8 Å². The van der Waals surface area contributed by atoms with Gasteiger partial charge in [-0.25, -0.2) is 9.29 Å².